The van der Waals surface area contributed by atoms with E-state index in [0.717, 1.165) is 5.56 Å². The third-order valence-corrected chi connectivity index (χ3v) is 3.92. The van der Waals surface area contributed by atoms with E-state index >= 15 is 0 Å². The molecule has 2 aromatic carbocycles. The Balaban J connectivity index is 1.84. The van der Waals surface area contributed by atoms with Gasteiger partial charge in [0.15, 0.2) is 5.82 Å². The Kier molecular flexibility index (Phi) is 4.27. The van der Waals surface area contributed by atoms with Crippen LogP contribution in [0.15, 0.2) is 48.8 Å². The summed E-state index contributed by atoms with van der Waals surface area (Å²) in [6.07, 6.45) is 1.57. The van der Waals surface area contributed by atoms with E-state index in [4.69, 9.17) is 23.2 Å². The second-order valence-electron chi connectivity index (χ2n) is 4.82. The molecule has 0 atom stereocenters. The minimum atomic E-state index is -0.448. The zero-order valence-electron chi connectivity index (χ0n) is 11.7. The molecule has 0 fully saturated rings. The molecule has 0 aliphatic rings. The van der Waals surface area contributed by atoms with Crippen LogP contribution in [-0.4, -0.2) is 19.7 Å². The molecule has 0 unspecified atom stereocenters. The van der Waals surface area contributed by atoms with Crippen molar-refractivity contribution in [2.75, 3.05) is 0 Å². The Morgan fingerprint density at radius 2 is 1.96 bits per heavy atom. The van der Waals surface area contributed by atoms with Crippen molar-refractivity contribution in [1.82, 2.24) is 14.8 Å². The van der Waals surface area contributed by atoms with E-state index in [-0.39, 0.29) is 5.69 Å². The van der Waals surface area contributed by atoms with Crippen LogP contribution < -0.4 is 0 Å². The molecule has 3 aromatic rings. The van der Waals surface area contributed by atoms with Crippen molar-refractivity contribution in [3.05, 3.63) is 74.5 Å². The quantitative estimate of drug-likeness (QED) is 0.522. The minimum Gasteiger partial charge on any atom is -0.258 e. The highest BCUT2D eigenvalue weighted by molar-refractivity contribution is 6.42. The predicted octanol–water partition coefficient (Wildman–Crippen LogP) is 4.21. The van der Waals surface area contributed by atoms with Crippen molar-refractivity contribution in [2.24, 2.45) is 0 Å². The van der Waals surface area contributed by atoms with E-state index in [2.05, 4.69) is 10.1 Å². The van der Waals surface area contributed by atoms with E-state index in [1.807, 2.05) is 6.07 Å². The van der Waals surface area contributed by atoms with Gasteiger partial charge in [0.25, 0.3) is 5.69 Å². The number of non-ortho nitro benzene ring substituents is 1. The van der Waals surface area contributed by atoms with Crippen LogP contribution in [0.2, 0.25) is 10.0 Å². The van der Waals surface area contributed by atoms with E-state index in [1.54, 1.807) is 35.3 Å². The van der Waals surface area contributed by atoms with Gasteiger partial charge in [0, 0.05) is 17.7 Å². The highest BCUT2D eigenvalue weighted by Gasteiger charge is 2.10. The van der Waals surface area contributed by atoms with Gasteiger partial charge in [-0.3, -0.25) is 10.1 Å². The van der Waals surface area contributed by atoms with Gasteiger partial charge in [-0.1, -0.05) is 41.4 Å². The summed E-state index contributed by atoms with van der Waals surface area (Å²) in [4.78, 5) is 14.6. The van der Waals surface area contributed by atoms with Crippen LogP contribution in [0, 0.1) is 10.1 Å². The van der Waals surface area contributed by atoms with Gasteiger partial charge in [0.2, 0.25) is 0 Å². The van der Waals surface area contributed by atoms with Gasteiger partial charge >= 0.3 is 0 Å². The van der Waals surface area contributed by atoms with E-state index < -0.39 is 4.92 Å². The lowest BCUT2D eigenvalue weighted by atomic mass is 10.2. The first kappa shape index (κ1) is 15.5. The fourth-order valence-corrected chi connectivity index (χ4v) is 2.41. The zero-order valence-corrected chi connectivity index (χ0v) is 13.2. The van der Waals surface area contributed by atoms with Gasteiger partial charge in [-0.15, -0.1) is 0 Å². The smallest absolute Gasteiger partial charge is 0.258 e. The summed E-state index contributed by atoms with van der Waals surface area (Å²) in [5.74, 6) is 0.425. The van der Waals surface area contributed by atoms with Gasteiger partial charge < -0.3 is 0 Å². The van der Waals surface area contributed by atoms with Gasteiger partial charge in [-0.2, -0.15) is 5.10 Å². The van der Waals surface area contributed by atoms with Crippen molar-refractivity contribution >= 4 is 28.9 Å². The maximum atomic E-state index is 10.8. The molecular formula is C15H10Cl2N4O2. The third kappa shape index (κ3) is 3.49. The van der Waals surface area contributed by atoms with Crippen molar-refractivity contribution in [3.63, 3.8) is 0 Å². The van der Waals surface area contributed by atoms with Crippen LogP contribution in [0.3, 0.4) is 0 Å². The topological polar surface area (TPSA) is 73.8 Å². The average Bonchev–Trinajstić information content (AvgIpc) is 2.99. The van der Waals surface area contributed by atoms with Crippen LogP contribution in [0.5, 0.6) is 0 Å². The number of nitro groups is 1. The van der Waals surface area contributed by atoms with Gasteiger partial charge in [0.1, 0.15) is 6.33 Å². The third-order valence-electron chi connectivity index (χ3n) is 3.18. The summed E-state index contributed by atoms with van der Waals surface area (Å²) in [6.45, 7) is 0.471. The van der Waals surface area contributed by atoms with E-state index in [1.165, 1.54) is 12.1 Å². The summed E-state index contributed by atoms with van der Waals surface area (Å²) in [6, 6.07) is 11.5. The van der Waals surface area contributed by atoms with Crippen molar-refractivity contribution in [2.45, 2.75) is 6.54 Å². The molecule has 0 bridgehead atoms. The lowest BCUT2D eigenvalue weighted by Crippen LogP contribution is -2.00. The Morgan fingerprint density at radius 3 is 2.70 bits per heavy atom. The number of halogens is 2. The number of rotatable bonds is 4. The second kappa shape index (κ2) is 6.36. The monoisotopic (exact) mass is 348 g/mol. The molecular weight excluding hydrogens is 339 g/mol. The zero-order chi connectivity index (χ0) is 16.4. The first-order chi connectivity index (χ1) is 11.0. The average molecular weight is 349 g/mol. The molecule has 1 aromatic heterocycles. The van der Waals surface area contributed by atoms with Crippen molar-refractivity contribution < 1.29 is 4.92 Å². The second-order valence-corrected chi connectivity index (χ2v) is 5.64. The number of hydrogen-bond acceptors (Lipinski definition) is 4. The number of aromatic nitrogens is 3. The first-order valence-electron chi connectivity index (χ1n) is 6.61. The Morgan fingerprint density at radius 1 is 1.13 bits per heavy atom. The normalized spacial score (nSPS) is 10.7. The van der Waals surface area contributed by atoms with Gasteiger partial charge in [0.05, 0.1) is 21.5 Å². The molecule has 3 rings (SSSR count). The number of nitro benzene ring substituents is 1. The molecule has 116 valence electrons. The van der Waals surface area contributed by atoms with E-state index in [9.17, 15) is 10.1 Å². The lowest BCUT2D eigenvalue weighted by Gasteiger charge is -2.03. The fraction of sp³-hybridized carbons (Fsp3) is 0.0667. The minimum absolute atomic E-state index is 0.00309. The molecule has 1 heterocycles. The Bertz CT molecular complexity index is 879. The molecule has 0 saturated carbocycles. The van der Waals surface area contributed by atoms with Crippen LogP contribution >= 0.6 is 23.2 Å². The van der Waals surface area contributed by atoms with Crippen molar-refractivity contribution in [1.29, 1.82) is 0 Å². The lowest BCUT2D eigenvalue weighted by molar-refractivity contribution is -0.384. The van der Waals surface area contributed by atoms with Gasteiger partial charge in [-0.05, 0) is 17.7 Å². The predicted molar refractivity (Wildman–Crippen MR) is 87.7 cm³/mol. The highest BCUT2D eigenvalue weighted by Crippen LogP contribution is 2.23. The molecule has 0 radical (unpaired) electrons. The van der Waals surface area contributed by atoms with Crippen LogP contribution in [0.4, 0.5) is 5.69 Å². The highest BCUT2D eigenvalue weighted by atomic mass is 35.5. The van der Waals surface area contributed by atoms with Crippen LogP contribution in [0.25, 0.3) is 11.4 Å². The molecule has 0 spiro atoms. The summed E-state index contributed by atoms with van der Waals surface area (Å²) in [7, 11) is 0. The first-order valence-corrected chi connectivity index (χ1v) is 7.37. The molecule has 0 amide bonds. The SMILES string of the molecule is O=[N+]([O-])c1cccc(-c2ncn(Cc3ccc(Cl)c(Cl)c3)n2)c1. The maximum Gasteiger partial charge on any atom is 0.270 e. The molecule has 0 aliphatic heterocycles. The van der Waals surface area contributed by atoms with Gasteiger partial charge in [-0.25, -0.2) is 9.67 Å². The van der Waals surface area contributed by atoms with Crippen LogP contribution in [0.1, 0.15) is 5.56 Å². The summed E-state index contributed by atoms with van der Waals surface area (Å²) < 4.78 is 1.63. The molecule has 23 heavy (non-hydrogen) atoms. The molecule has 0 N–H and O–H groups in total. The maximum absolute atomic E-state index is 10.8. The van der Waals surface area contributed by atoms with Crippen molar-refractivity contribution in [3.8, 4) is 11.4 Å². The largest absolute Gasteiger partial charge is 0.270 e. The van der Waals surface area contributed by atoms with E-state index in [0.29, 0.717) is 28.0 Å². The molecule has 0 aliphatic carbocycles. The number of hydrogen-bond donors (Lipinski definition) is 0. The Hall–Kier alpha value is -2.44. The summed E-state index contributed by atoms with van der Waals surface area (Å²) in [5.41, 5.74) is 1.52. The number of benzene rings is 2. The van der Waals surface area contributed by atoms with Crippen LogP contribution in [-0.2, 0) is 6.54 Å². The standard InChI is InChI=1S/C15H10Cl2N4O2/c16-13-5-4-10(6-14(13)17)8-20-9-18-15(19-20)11-2-1-3-12(7-11)21(22)23/h1-7,9H,8H2. The molecule has 0 saturated heterocycles. The summed E-state index contributed by atoms with van der Waals surface area (Å²) in [5, 5.41) is 16.1. The fourth-order valence-electron chi connectivity index (χ4n) is 2.09. The molecule has 8 heteroatoms. The Labute approximate surface area is 141 Å². The number of nitrogens with zero attached hydrogens (tertiary/aromatic N) is 4. The summed E-state index contributed by atoms with van der Waals surface area (Å²) >= 11 is 11.9. The molecule has 6 nitrogen and oxygen atoms in total.